The summed E-state index contributed by atoms with van der Waals surface area (Å²) < 4.78 is 0. The molecule has 0 aliphatic heterocycles. The average molecular weight is 357 g/mol. The van der Waals surface area contributed by atoms with Crippen LogP contribution in [0, 0.1) is 11.3 Å². The van der Waals surface area contributed by atoms with Crippen LogP contribution in [0.4, 0.5) is 0 Å². The first kappa shape index (κ1) is 21.2. The van der Waals surface area contributed by atoms with E-state index in [1.165, 1.54) is 18.2 Å². The van der Waals surface area contributed by atoms with Gasteiger partial charge in [-0.05, 0) is 34.6 Å². The molecule has 0 bridgehead atoms. The molecule has 0 saturated carbocycles. The molecule has 0 aliphatic carbocycles. The molecule has 0 amide bonds. The molecule has 0 saturated heterocycles. The monoisotopic (exact) mass is 357 g/mol. The summed E-state index contributed by atoms with van der Waals surface area (Å²) in [6.45, 7) is 12.3. The summed E-state index contributed by atoms with van der Waals surface area (Å²) in [5, 5.41) is 45.6. The number of aromatic hydroxyl groups is 4. The number of phenols is 4. The fourth-order valence-electron chi connectivity index (χ4n) is 2.22. The molecule has 2 aromatic rings. The van der Waals surface area contributed by atoms with Crippen LogP contribution in [0.1, 0.15) is 58.2 Å². The van der Waals surface area contributed by atoms with Crippen molar-refractivity contribution in [2.75, 3.05) is 0 Å². The summed E-state index contributed by atoms with van der Waals surface area (Å²) in [4.78, 5) is 0. The van der Waals surface area contributed by atoms with Crippen molar-refractivity contribution in [1.82, 2.24) is 0 Å². The molecule has 4 N–H and O–H groups in total. The second-order valence-electron chi connectivity index (χ2n) is 8.21. The van der Waals surface area contributed by atoms with Gasteiger partial charge in [0.1, 0.15) is 0 Å². The predicted octanol–water partition coefficient (Wildman–Crippen LogP) is 4.66. The Bertz CT molecular complexity index is 822. The lowest BCUT2D eigenvalue weighted by atomic mass is 9.80. The van der Waals surface area contributed by atoms with Crippen LogP contribution >= 0.6 is 0 Å². The number of hydrogen-bond donors (Lipinski definition) is 4. The highest BCUT2D eigenvalue weighted by Crippen LogP contribution is 2.40. The van der Waals surface area contributed by atoms with E-state index in [4.69, 9.17) is 15.5 Å². The van der Waals surface area contributed by atoms with Gasteiger partial charge in [-0.3, -0.25) is 0 Å². The van der Waals surface area contributed by atoms with Crippen molar-refractivity contribution in [1.29, 1.82) is 5.26 Å². The van der Waals surface area contributed by atoms with Gasteiger partial charge in [-0.15, -0.1) is 0 Å². The largest absolute Gasteiger partial charge is 0.504 e. The maximum absolute atomic E-state index is 9.87. The van der Waals surface area contributed by atoms with Gasteiger partial charge in [0, 0.05) is 11.6 Å². The summed E-state index contributed by atoms with van der Waals surface area (Å²) in [6, 6.07) is 9.35. The fraction of sp³-hybridized carbons (Fsp3) is 0.381. The zero-order valence-corrected chi connectivity index (χ0v) is 16.1. The van der Waals surface area contributed by atoms with E-state index in [9.17, 15) is 10.2 Å². The Morgan fingerprint density at radius 2 is 1.31 bits per heavy atom. The number of rotatable bonds is 0. The van der Waals surface area contributed by atoms with Crippen LogP contribution < -0.4 is 0 Å². The molecule has 0 heterocycles. The van der Waals surface area contributed by atoms with Crippen LogP contribution in [0.5, 0.6) is 23.0 Å². The molecule has 0 unspecified atom stereocenters. The highest BCUT2D eigenvalue weighted by Gasteiger charge is 2.24. The van der Waals surface area contributed by atoms with Gasteiger partial charge in [0.15, 0.2) is 23.0 Å². The van der Waals surface area contributed by atoms with Crippen molar-refractivity contribution >= 4 is 0 Å². The molecule has 0 aliphatic rings. The van der Waals surface area contributed by atoms with Gasteiger partial charge in [0.2, 0.25) is 0 Å². The van der Waals surface area contributed by atoms with E-state index in [0.717, 1.165) is 11.1 Å². The van der Waals surface area contributed by atoms with Gasteiger partial charge in [-0.2, -0.15) is 5.26 Å². The first-order valence-corrected chi connectivity index (χ1v) is 8.26. The summed E-state index contributed by atoms with van der Waals surface area (Å²) in [5.74, 6) is -0.504. The Labute approximate surface area is 154 Å². The molecule has 0 radical (unpaired) electrons. The second kappa shape index (κ2) is 7.57. The molecule has 2 aromatic carbocycles. The molecule has 5 heteroatoms. The lowest BCUT2D eigenvalue weighted by molar-refractivity contribution is 0.386. The highest BCUT2D eigenvalue weighted by molar-refractivity contribution is 5.51. The van der Waals surface area contributed by atoms with Crippen molar-refractivity contribution < 1.29 is 20.4 Å². The van der Waals surface area contributed by atoms with Gasteiger partial charge >= 0.3 is 0 Å². The number of phenolic OH excluding ortho intramolecular Hbond substituents is 4. The third-order valence-electron chi connectivity index (χ3n) is 3.87. The van der Waals surface area contributed by atoms with E-state index < -0.39 is 0 Å². The number of nitrogens with zero attached hydrogens (tertiary/aromatic N) is 1. The van der Waals surface area contributed by atoms with Crippen molar-refractivity contribution in [2.24, 2.45) is 0 Å². The first-order valence-electron chi connectivity index (χ1n) is 8.26. The quantitative estimate of drug-likeness (QED) is 0.513. The van der Waals surface area contributed by atoms with Gasteiger partial charge in [-0.1, -0.05) is 47.6 Å². The Hall–Kier alpha value is -2.87. The van der Waals surface area contributed by atoms with E-state index in [0.29, 0.717) is 5.56 Å². The Morgan fingerprint density at radius 3 is 1.73 bits per heavy atom. The van der Waals surface area contributed by atoms with Crippen LogP contribution in [0.25, 0.3) is 0 Å². The van der Waals surface area contributed by atoms with E-state index >= 15 is 0 Å². The lowest BCUT2D eigenvalue weighted by Crippen LogP contribution is -2.16. The normalized spacial score (nSPS) is 11.3. The number of benzene rings is 2. The highest BCUT2D eigenvalue weighted by atomic mass is 16.3. The minimum Gasteiger partial charge on any atom is -0.504 e. The summed E-state index contributed by atoms with van der Waals surface area (Å²) in [5.41, 5.74) is 1.94. The average Bonchev–Trinajstić information content (AvgIpc) is 2.51. The predicted molar refractivity (Wildman–Crippen MR) is 102 cm³/mol. The van der Waals surface area contributed by atoms with Gasteiger partial charge < -0.3 is 20.4 Å². The SMILES string of the molecule is CC(C)(C)c1cc(O)c(O)c(C(C)(C)C)c1.N#Cc1ccc(O)c(O)c1. The molecule has 0 spiro atoms. The third-order valence-corrected chi connectivity index (χ3v) is 3.87. The zero-order chi connectivity index (χ0) is 20.3. The van der Waals surface area contributed by atoms with Crippen LogP contribution in [-0.2, 0) is 10.8 Å². The van der Waals surface area contributed by atoms with Crippen LogP contribution in [0.2, 0.25) is 0 Å². The van der Waals surface area contributed by atoms with Gasteiger partial charge in [0.05, 0.1) is 11.6 Å². The van der Waals surface area contributed by atoms with Crippen LogP contribution in [-0.4, -0.2) is 20.4 Å². The van der Waals surface area contributed by atoms with Crippen LogP contribution in [0.15, 0.2) is 30.3 Å². The summed E-state index contributed by atoms with van der Waals surface area (Å²) in [7, 11) is 0. The molecule has 0 atom stereocenters. The number of hydrogen-bond acceptors (Lipinski definition) is 5. The lowest BCUT2D eigenvalue weighted by Gasteiger charge is -2.26. The fourth-order valence-corrected chi connectivity index (χ4v) is 2.22. The van der Waals surface area contributed by atoms with Crippen molar-refractivity contribution in [3.8, 4) is 29.1 Å². The Kier molecular flexibility index (Phi) is 6.16. The van der Waals surface area contributed by atoms with Gasteiger partial charge in [0.25, 0.3) is 0 Å². The minimum absolute atomic E-state index is 0.000463. The Morgan fingerprint density at radius 1 is 0.731 bits per heavy atom. The Balaban J connectivity index is 0.000000289. The van der Waals surface area contributed by atoms with E-state index in [1.807, 2.05) is 32.9 Å². The van der Waals surface area contributed by atoms with Crippen molar-refractivity contribution in [3.05, 3.63) is 47.0 Å². The summed E-state index contributed by atoms with van der Waals surface area (Å²) >= 11 is 0. The topological polar surface area (TPSA) is 105 Å². The standard InChI is InChI=1S/C14H22O2.C7H5NO2/c1-13(2,3)9-7-10(14(4,5)6)12(16)11(15)8-9;8-4-5-1-2-6(9)7(10)3-5/h7-8,15-16H,1-6H3;1-3,9-10H. The van der Waals surface area contributed by atoms with Crippen molar-refractivity contribution in [2.45, 2.75) is 52.4 Å². The molecule has 140 valence electrons. The molecule has 26 heavy (non-hydrogen) atoms. The molecule has 0 aromatic heterocycles. The second-order valence-corrected chi connectivity index (χ2v) is 8.21. The van der Waals surface area contributed by atoms with Gasteiger partial charge in [-0.25, -0.2) is 0 Å². The molecule has 2 rings (SSSR count). The minimum atomic E-state index is -0.265. The maximum Gasteiger partial charge on any atom is 0.161 e. The van der Waals surface area contributed by atoms with E-state index in [2.05, 4.69) is 20.8 Å². The zero-order valence-electron chi connectivity index (χ0n) is 16.1. The van der Waals surface area contributed by atoms with Crippen molar-refractivity contribution in [3.63, 3.8) is 0 Å². The summed E-state index contributed by atoms with van der Waals surface area (Å²) in [6.07, 6.45) is 0. The molecular formula is C21H27NO4. The van der Waals surface area contributed by atoms with E-state index in [-0.39, 0.29) is 33.8 Å². The number of nitriles is 1. The third kappa shape index (κ3) is 5.32. The first-order chi connectivity index (χ1) is 11.8. The maximum atomic E-state index is 9.87. The smallest absolute Gasteiger partial charge is 0.161 e. The molecule has 0 fully saturated rings. The molecule has 5 nitrogen and oxygen atoms in total. The van der Waals surface area contributed by atoms with Crippen LogP contribution in [0.3, 0.4) is 0 Å². The molecular weight excluding hydrogens is 330 g/mol. The van der Waals surface area contributed by atoms with E-state index in [1.54, 1.807) is 6.07 Å².